The van der Waals surface area contributed by atoms with Gasteiger partial charge in [0.1, 0.15) is 0 Å². The Hall–Kier alpha value is -1.21. The lowest BCUT2D eigenvalue weighted by atomic mass is 10.2. The van der Waals surface area contributed by atoms with Gasteiger partial charge in [0.15, 0.2) is 0 Å². The van der Waals surface area contributed by atoms with E-state index in [4.69, 9.17) is 4.74 Å². The lowest BCUT2D eigenvalue weighted by Crippen LogP contribution is -2.27. The van der Waals surface area contributed by atoms with Gasteiger partial charge in [0.05, 0.1) is 12.7 Å². The SMILES string of the molecule is COCC(O)CCNS(=O)(=O)/C=C/c1ccccc1. The molecular formula is C13H19NO4S. The summed E-state index contributed by atoms with van der Waals surface area (Å²) >= 11 is 0. The molecule has 0 aliphatic rings. The second kappa shape index (κ2) is 8.06. The predicted molar refractivity (Wildman–Crippen MR) is 74.9 cm³/mol. The molecule has 0 fully saturated rings. The van der Waals surface area contributed by atoms with E-state index in [1.54, 1.807) is 0 Å². The first-order chi connectivity index (χ1) is 9.03. The van der Waals surface area contributed by atoms with Crippen molar-refractivity contribution in [3.8, 4) is 0 Å². The zero-order valence-electron chi connectivity index (χ0n) is 10.8. The Labute approximate surface area is 114 Å². The number of hydrogen-bond acceptors (Lipinski definition) is 4. The number of nitrogens with one attached hydrogen (secondary N) is 1. The van der Waals surface area contributed by atoms with Gasteiger partial charge < -0.3 is 9.84 Å². The van der Waals surface area contributed by atoms with Gasteiger partial charge in [0.25, 0.3) is 0 Å². The van der Waals surface area contributed by atoms with E-state index < -0.39 is 16.1 Å². The highest BCUT2D eigenvalue weighted by Crippen LogP contribution is 2.02. The summed E-state index contributed by atoms with van der Waals surface area (Å²) in [6, 6.07) is 9.16. The number of methoxy groups -OCH3 is 1. The Morgan fingerprint density at radius 3 is 2.68 bits per heavy atom. The van der Waals surface area contributed by atoms with Gasteiger partial charge in [-0.1, -0.05) is 30.3 Å². The average Bonchev–Trinajstić information content (AvgIpc) is 2.38. The smallest absolute Gasteiger partial charge is 0.233 e. The molecule has 0 aliphatic heterocycles. The average molecular weight is 285 g/mol. The Balaban J connectivity index is 2.42. The molecule has 1 aromatic carbocycles. The molecule has 19 heavy (non-hydrogen) atoms. The van der Waals surface area contributed by atoms with Gasteiger partial charge >= 0.3 is 0 Å². The van der Waals surface area contributed by atoms with E-state index >= 15 is 0 Å². The zero-order valence-corrected chi connectivity index (χ0v) is 11.6. The summed E-state index contributed by atoms with van der Waals surface area (Å²) in [5.74, 6) is 0. The Kier molecular flexibility index (Phi) is 6.72. The van der Waals surface area contributed by atoms with Crippen molar-refractivity contribution in [2.45, 2.75) is 12.5 Å². The number of sulfonamides is 1. The van der Waals surface area contributed by atoms with Crippen LogP contribution in [0.2, 0.25) is 0 Å². The number of benzene rings is 1. The van der Waals surface area contributed by atoms with E-state index in [9.17, 15) is 13.5 Å². The first kappa shape index (κ1) is 15.8. The summed E-state index contributed by atoms with van der Waals surface area (Å²) in [7, 11) is -1.99. The molecule has 6 heteroatoms. The van der Waals surface area contributed by atoms with Crippen molar-refractivity contribution in [3.05, 3.63) is 41.3 Å². The van der Waals surface area contributed by atoms with Gasteiger partial charge in [0.2, 0.25) is 10.0 Å². The molecule has 0 amide bonds. The van der Waals surface area contributed by atoms with Crippen LogP contribution in [-0.2, 0) is 14.8 Å². The summed E-state index contributed by atoms with van der Waals surface area (Å²) in [6.45, 7) is 0.369. The Morgan fingerprint density at radius 2 is 2.05 bits per heavy atom. The summed E-state index contributed by atoms with van der Waals surface area (Å²) < 4.78 is 30.4. The normalized spacial score (nSPS) is 13.8. The fraction of sp³-hybridized carbons (Fsp3) is 0.385. The highest BCUT2D eigenvalue weighted by Gasteiger charge is 2.07. The quantitative estimate of drug-likeness (QED) is 0.746. The van der Waals surface area contributed by atoms with E-state index in [-0.39, 0.29) is 13.2 Å². The molecule has 0 saturated heterocycles. The van der Waals surface area contributed by atoms with E-state index in [2.05, 4.69) is 4.72 Å². The van der Waals surface area contributed by atoms with Crippen molar-refractivity contribution in [1.29, 1.82) is 0 Å². The largest absolute Gasteiger partial charge is 0.391 e. The van der Waals surface area contributed by atoms with Crippen LogP contribution in [0, 0.1) is 0 Å². The van der Waals surface area contributed by atoms with Crippen molar-refractivity contribution in [2.24, 2.45) is 0 Å². The maximum absolute atomic E-state index is 11.6. The van der Waals surface area contributed by atoms with Crippen molar-refractivity contribution < 1.29 is 18.3 Å². The molecule has 1 unspecified atom stereocenters. The maximum atomic E-state index is 11.6. The van der Waals surface area contributed by atoms with E-state index in [1.807, 2.05) is 30.3 Å². The molecule has 0 bridgehead atoms. The molecule has 0 spiro atoms. The van der Waals surface area contributed by atoms with Gasteiger partial charge in [-0.15, -0.1) is 0 Å². The molecule has 1 aromatic rings. The third-order valence-electron chi connectivity index (χ3n) is 2.38. The third kappa shape index (κ3) is 7.07. The highest BCUT2D eigenvalue weighted by atomic mass is 32.2. The number of rotatable bonds is 8. The molecule has 2 N–H and O–H groups in total. The van der Waals surface area contributed by atoms with Crippen LogP contribution in [0.15, 0.2) is 35.7 Å². The minimum absolute atomic E-state index is 0.173. The summed E-state index contributed by atoms with van der Waals surface area (Å²) in [6.07, 6.45) is 1.17. The van der Waals surface area contributed by atoms with Crippen molar-refractivity contribution in [3.63, 3.8) is 0 Å². The first-order valence-corrected chi connectivity index (χ1v) is 7.48. The molecule has 106 valence electrons. The van der Waals surface area contributed by atoms with E-state index in [1.165, 1.54) is 13.2 Å². The standard InChI is InChI=1S/C13H19NO4S/c1-18-11-13(15)7-9-14-19(16,17)10-8-12-5-3-2-4-6-12/h2-6,8,10,13-15H,7,9,11H2,1H3/b10-8+. The van der Waals surface area contributed by atoms with Gasteiger partial charge in [0, 0.05) is 19.1 Å². The van der Waals surface area contributed by atoms with Crippen LogP contribution in [0.4, 0.5) is 0 Å². The van der Waals surface area contributed by atoms with Crippen molar-refractivity contribution in [2.75, 3.05) is 20.3 Å². The lowest BCUT2D eigenvalue weighted by Gasteiger charge is -2.09. The molecule has 0 aliphatic carbocycles. The number of aliphatic hydroxyl groups excluding tert-OH is 1. The number of ether oxygens (including phenoxy) is 1. The van der Waals surface area contributed by atoms with Crippen molar-refractivity contribution in [1.82, 2.24) is 4.72 Å². The molecular weight excluding hydrogens is 266 g/mol. The first-order valence-electron chi connectivity index (χ1n) is 5.93. The van der Waals surface area contributed by atoms with Crippen LogP contribution in [0.3, 0.4) is 0 Å². The monoisotopic (exact) mass is 285 g/mol. The fourth-order valence-electron chi connectivity index (χ4n) is 1.42. The molecule has 0 saturated carbocycles. The van der Waals surface area contributed by atoms with Gasteiger partial charge in [-0.3, -0.25) is 0 Å². The topological polar surface area (TPSA) is 75.6 Å². The lowest BCUT2D eigenvalue weighted by molar-refractivity contribution is 0.0603. The van der Waals surface area contributed by atoms with Gasteiger partial charge in [-0.05, 0) is 18.1 Å². The second-order valence-corrected chi connectivity index (χ2v) is 5.70. The summed E-state index contributed by atoms with van der Waals surface area (Å²) in [5, 5.41) is 10.5. The third-order valence-corrected chi connectivity index (χ3v) is 3.48. The number of aliphatic hydroxyl groups is 1. The van der Waals surface area contributed by atoms with Crippen LogP contribution >= 0.6 is 0 Å². The van der Waals surface area contributed by atoms with Crippen LogP contribution in [0.5, 0.6) is 0 Å². The highest BCUT2D eigenvalue weighted by molar-refractivity contribution is 7.92. The molecule has 1 rings (SSSR count). The zero-order chi connectivity index (χ0) is 14.1. The minimum Gasteiger partial charge on any atom is -0.391 e. The van der Waals surface area contributed by atoms with Gasteiger partial charge in [-0.25, -0.2) is 13.1 Å². The van der Waals surface area contributed by atoms with Crippen molar-refractivity contribution >= 4 is 16.1 Å². The number of hydrogen-bond donors (Lipinski definition) is 2. The second-order valence-electron chi connectivity index (χ2n) is 4.05. The fourth-order valence-corrected chi connectivity index (χ4v) is 2.26. The molecule has 0 aromatic heterocycles. The van der Waals surface area contributed by atoms with Crippen LogP contribution in [0.25, 0.3) is 6.08 Å². The molecule has 0 heterocycles. The molecule has 0 radical (unpaired) electrons. The summed E-state index contributed by atoms with van der Waals surface area (Å²) in [4.78, 5) is 0. The van der Waals surface area contributed by atoms with E-state index in [0.29, 0.717) is 6.42 Å². The maximum Gasteiger partial charge on any atom is 0.233 e. The van der Waals surface area contributed by atoms with E-state index in [0.717, 1.165) is 11.0 Å². The Morgan fingerprint density at radius 1 is 1.37 bits per heavy atom. The van der Waals surface area contributed by atoms with Crippen LogP contribution in [-0.4, -0.2) is 39.9 Å². The van der Waals surface area contributed by atoms with Gasteiger partial charge in [-0.2, -0.15) is 0 Å². The van der Waals surface area contributed by atoms with Crippen LogP contribution in [0.1, 0.15) is 12.0 Å². The molecule has 1 atom stereocenters. The summed E-state index contributed by atoms with van der Waals surface area (Å²) in [5.41, 5.74) is 0.812. The predicted octanol–water partition coefficient (Wildman–Crippen LogP) is 0.974. The van der Waals surface area contributed by atoms with Crippen LogP contribution < -0.4 is 4.72 Å². The minimum atomic E-state index is -3.47. The Bertz CT molecular complexity index is 485. The molecule has 5 nitrogen and oxygen atoms in total.